The van der Waals surface area contributed by atoms with Crippen molar-refractivity contribution in [3.63, 3.8) is 0 Å². The number of nitrogens with zero attached hydrogens (tertiary/aromatic N) is 1. The zero-order valence-electron chi connectivity index (χ0n) is 19.7. The normalized spacial score (nSPS) is 10.9. The van der Waals surface area contributed by atoms with Crippen molar-refractivity contribution >= 4 is 23.5 Å². The van der Waals surface area contributed by atoms with E-state index < -0.39 is 5.78 Å². The molecule has 182 valence electrons. The zero-order chi connectivity index (χ0) is 25.2. The van der Waals surface area contributed by atoms with Crippen LogP contribution in [0.15, 0.2) is 91.3 Å². The molecule has 1 amide bonds. The Kier molecular flexibility index (Phi) is 8.27. The molecule has 3 N–H and O–H groups in total. The molecule has 0 bridgehead atoms. The molecule has 0 spiro atoms. The summed E-state index contributed by atoms with van der Waals surface area (Å²) in [7, 11) is 0. The minimum absolute atomic E-state index is 0.0756. The van der Waals surface area contributed by atoms with Crippen molar-refractivity contribution in [2.75, 3.05) is 11.9 Å². The van der Waals surface area contributed by atoms with Crippen LogP contribution in [0, 0.1) is 0 Å². The van der Waals surface area contributed by atoms with Gasteiger partial charge in [0.1, 0.15) is 17.3 Å². The van der Waals surface area contributed by atoms with Crippen molar-refractivity contribution in [3.05, 3.63) is 114 Å². The van der Waals surface area contributed by atoms with Gasteiger partial charge in [-0.2, -0.15) is 0 Å². The van der Waals surface area contributed by atoms with E-state index in [0.717, 1.165) is 19.3 Å². The first-order valence-corrected chi connectivity index (χ1v) is 11.7. The third kappa shape index (κ3) is 6.93. The Balaban J connectivity index is 1.28. The molecule has 0 aliphatic carbocycles. The average Bonchev–Trinajstić information content (AvgIpc) is 3.43. The van der Waals surface area contributed by atoms with Crippen LogP contribution in [0.1, 0.15) is 44.9 Å². The highest BCUT2D eigenvalue weighted by Gasteiger charge is 2.12. The molecule has 4 aromatic rings. The lowest BCUT2D eigenvalue weighted by atomic mass is 10.1. The number of hydrogen-bond donors (Lipinski definition) is 3. The van der Waals surface area contributed by atoms with Gasteiger partial charge in [0.2, 0.25) is 0 Å². The number of aromatic nitrogens is 2. The number of nitrogens with one attached hydrogen (secondary N) is 2. The molecule has 1 heterocycles. The number of aromatic hydroxyl groups is 1. The largest absolute Gasteiger partial charge is 0.507 e. The van der Waals surface area contributed by atoms with E-state index in [9.17, 15) is 14.7 Å². The van der Waals surface area contributed by atoms with Gasteiger partial charge in [-0.05, 0) is 79.4 Å². The second-order valence-electron chi connectivity index (χ2n) is 8.17. The van der Waals surface area contributed by atoms with Crippen LogP contribution in [0.25, 0.3) is 6.08 Å². The number of carbonyl (C=O) groups is 2. The summed E-state index contributed by atoms with van der Waals surface area (Å²) in [5, 5.41) is 12.9. The Bertz CT molecular complexity index is 1310. The van der Waals surface area contributed by atoms with E-state index >= 15 is 0 Å². The number of phenols is 1. The number of phenolic OH excluding ortho intramolecular Hbond substituents is 1. The highest BCUT2D eigenvalue weighted by Crippen LogP contribution is 2.23. The highest BCUT2D eigenvalue weighted by atomic mass is 16.5. The van der Waals surface area contributed by atoms with Crippen molar-refractivity contribution in [1.82, 2.24) is 9.97 Å². The smallest absolute Gasteiger partial charge is 0.255 e. The number of H-pyrrole nitrogens is 1. The number of ketones is 1. The van der Waals surface area contributed by atoms with E-state index in [1.165, 1.54) is 35.9 Å². The standard InChI is InChI=1S/C29H27N3O4/c33-26-14-11-23(20-25(26)27(34)15-16-28-30-17-18-31-28)32-29(35)22-9-12-24(13-10-22)36-19-5-4-8-21-6-2-1-3-7-21/h1-3,6-7,9-18,20,33H,4-5,8,19H2,(H,30,31)(H,32,35). The van der Waals surface area contributed by atoms with Gasteiger partial charge >= 0.3 is 0 Å². The summed E-state index contributed by atoms with van der Waals surface area (Å²) in [5.41, 5.74) is 2.24. The number of unbranched alkanes of at least 4 members (excludes halogenated alkanes) is 1. The lowest BCUT2D eigenvalue weighted by molar-refractivity contribution is 0.102. The summed E-state index contributed by atoms with van der Waals surface area (Å²) in [5.74, 6) is 0.302. The third-order valence-corrected chi connectivity index (χ3v) is 5.52. The van der Waals surface area contributed by atoms with Gasteiger partial charge in [-0.25, -0.2) is 4.98 Å². The quantitative estimate of drug-likeness (QED) is 0.111. The Morgan fingerprint density at radius 2 is 1.81 bits per heavy atom. The lowest BCUT2D eigenvalue weighted by Crippen LogP contribution is -2.12. The predicted octanol–water partition coefficient (Wildman–Crippen LogP) is 5.67. The highest BCUT2D eigenvalue weighted by molar-refractivity contribution is 6.10. The molecule has 0 aliphatic rings. The summed E-state index contributed by atoms with van der Waals surface area (Å²) in [6, 6.07) is 21.6. The van der Waals surface area contributed by atoms with Gasteiger partial charge in [-0.3, -0.25) is 9.59 Å². The van der Waals surface area contributed by atoms with Crippen LogP contribution in [0.3, 0.4) is 0 Å². The topological polar surface area (TPSA) is 104 Å². The molecule has 3 aromatic carbocycles. The molecule has 0 radical (unpaired) electrons. The van der Waals surface area contributed by atoms with Crippen LogP contribution >= 0.6 is 0 Å². The Labute approximate surface area is 209 Å². The minimum atomic E-state index is -0.412. The molecule has 0 fully saturated rings. The number of rotatable bonds is 11. The molecule has 0 atom stereocenters. The van der Waals surface area contributed by atoms with E-state index in [1.807, 2.05) is 18.2 Å². The molecule has 1 aromatic heterocycles. The van der Waals surface area contributed by atoms with E-state index in [4.69, 9.17) is 4.74 Å². The number of benzene rings is 3. The van der Waals surface area contributed by atoms with Crippen molar-refractivity contribution < 1.29 is 19.4 Å². The number of carbonyl (C=O) groups excluding carboxylic acids is 2. The number of anilines is 1. The SMILES string of the molecule is O=C(Nc1ccc(O)c(C(=O)C=Cc2ncc[nH]2)c1)c1ccc(OCCCCc2ccccc2)cc1. The molecule has 0 saturated heterocycles. The van der Waals surface area contributed by atoms with Crippen LogP contribution in [-0.4, -0.2) is 33.4 Å². The summed E-state index contributed by atoms with van der Waals surface area (Å²) in [6.07, 6.45) is 9.04. The van der Waals surface area contributed by atoms with Crippen LogP contribution in [0.4, 0.5) is 5.69 Å². The van der Waals surface area contributed by atoms with Gasteiger partial charge in [-0.1, -0.05) is 30.3 Å². The first-order valence-electron chi connectivity index (χ1n) is 11.7. The van der Waals surface area contributed by atoms with Gasteiger partial charge in [0.05, 0.1) is 12.2 Å². The average molecular weight is 482 g/mol. The summed E-state index contributed by atoms with van der Waals surface area (Å²) >= 11 is 0. The van der Waals surface area contributed by atoms with Crippen LogP contribution in [-0.2, 0) is 6.42 Å². The Hall–Kier alpha value is -4.65. The van der Waals surface area contributed by atoms with E-state index in [1.54, 1.807) is 36.7 Å². The molecule has 0 saturated carbocycles. The number of aryl methyl sites for hydroxylation is 1. The molecule has 4 rings (SSSR count). The molecular formula is C29H27N3O4. The van der Waals surface area contributed by atoms with E-state index in [2.05, 4.69) is 27.4 Å². The second-order valence-corrected chi connectivity index (χ2v) is 8.17. The second kappa shape index (κ2) is 12.2. The number of amides is 1. The molecule has 0 aliphatic heterocycles. The van der Waals surface area contributed by atoms with Crippen molar-refractivity contribution in [1.29, 1.82) is 0 Å². The molecule has 36 heavy (non-hydrogen) atoms. The number of aromatic amines is 1. The summed E-state index contributed by atoms with van der Waals surface area (Å²) < 4.78 is 5.79. The molecule has 7 heteroatoms. The van der Waals surface area contributed by atoms with Gasteiger partial charge < -0.3 is 20.1 Å². The summed E-state index contributed by atoms with van der Waals surface area (Å²) in [6.45, 7) is 0.608. The maximum absolute atomic E-state index is 12.7. The number of ether oxygens (including phenoxy) is 1. The molecule has 7 nitrogen and oxygen atoms in total. The fourth-order valence-corrected chi connectivity index (χ4v) is 3.60. The lowest BCUT2D eigenvalue weighted by Gasteiger charge is -2.09. The first-order chi connectivity index (χ1) is 17.6. The van der Waals surface area contributed by atoms with Crippen molar-refractivity contribution in [2.45, 2.75) is 19.3 Å². The van der Waals surface area contributed by atoms with Crippen LogP contribution in [0.5, 0.6) is 11.5 Å². The summed E-state index contributed by atoms with van der Waals surface area (Å²) in [4.78, 5) is 32.0. The van der Waals surface area contributed by atoms with Crippen molar-refractivity contribution in [2.24, 2.45) is 0 Å². The van der Waals surface area contributed by atoms with Crippen LogP contribution in [0.2, 0.25) is 0 Å². The number of imidazole rings is 1. The zero-order valence-corrected chi connectivity index (χ0v) is 19.7. The van der Waals surface area contributed by atoms with E-state index in [0.29, 0.717) is 29.4 Å². The molecule has 0 unspecified atom stereocenters. The number of hydrogen-bond acceptors (Lipinski definition) is 5. The fraction of sp³-hybridized carbons (Fsp3) is 0.138. The first kappa shape index (κ1) is 24.5. The Morgan fingerprint density at radius 3 is 2.56 bits per heavy atom. The van der Waals surface area contributed by atoms with Gasteiger partial charge in [-0.15, -0.1) is 0 Å². The van der Waals surface area contributed by atoms with Gasteiger partial charge in [0.25, 0.3) is 5.91 Å². The molecular weight excluding hydrogens is 454 g/mol. The monoisotopic (exact) mass is 481 g/mol. The van der Waals surface area contributed by atoms with Crippen molar-refractivity contribution in [3.8, 4) is 11.5 Å². The predicted molar refractivity (Wildman–Crippen MR) is 139 cm³/mol. The minimum Gasteiger partial charge on any atom is -0.507 e. The maximum Gasteiger partial charge on any atom is 0.255 e. The fourth-order valence-electron chi connectivity index (χ4n) is 3.60. The third-order valence-electron chi connectivity index (χ3n) is 5.52. The van der Waals surface area contributed by atoms with E-state index in [-0.39, 0.29) is 17.2 Å². The number of allylic oxidation sites excluding steroid dienone is 1. The maximum atomic E-state index is 12.7. The van der Waals surface area contributed by atoms with Gasteiger partial charge in [0, 0.05) is 23.6 Å². The van der Waals surface area contributed by atoms with Gasteiger partial charge in [0.15, 0.2) is 5.78 Å². The Morgan fingerprint density at radius 1 is 1.00 bits per heavy atom. The van der Waals surface area contributed by atoms with Crippen LogP contribution < -0.4 is 10.1 Å².